The van der Waals surface area contributed by atoms with Crippen LogP contribution in [-0.4, -0.2) is 48.7 Å². The number of rotatable bonds is 4. The maximum Gasteiger partial charge on any atom is 0.360 e. The number of carbonyl (C=O) groups excluding carboxylic acids is 1. The Kier molecular flexibility index (Phi) is 5.34. The second-order valence-electron chi connectivity index (χ2n) is 7.30. The fourth-order valence-electron chi connectivity index (χ4n) is 3.78. The summed E-state index contributed by atoms with van der Waals surface area (Å²) in [5.41, 5.74) is 5.68. The molecule has 2 aromatic carbocycles. The summed E-state index contributed by atoms with van der Waals surface area (Å²) in [7, 11) is 0. The van der Waals surface area contributed by atoms with Gasteiger partial charge in [-0.3, -0.25) is 0 Å². The number of ether oxygens (including phenoxy) is 1. The third-order valence-electron chi connectivity index (χ3n) is 5.52. The van der Waals surface area contributed by atoms with Crippen LogP contribution in [0.25, 0.3) is 11.0 Å². The molecule has 0 aliphatic carbocycles. The predicted molar refractivity (Wildman–Crippen MR) is 116 cm³/mol. The van der Waals surface area contributed by atoms with Crippen molar-refractivity contribution in [2.24, 2.45) is 0 Å². The first-order valence-electron chi connectivity index (χ1n) is 10.1. The minimum Gasteiger partial charge on any atom is -0.461 e. The topological polar surface area (TPSA) is 58.6 Å². The number of aromatic nitrogens is 2. The summed E-state index contributed by atoms with van der Waals surface area (Å²) >= 11 is 0. The molecule has 4 rings (SSSR count). The highest BCUT2D eigenvalue weighted by atomic mass is 16.5. The Bertz CT molecular complexity index is 1040. The maximum atomic E-state index is 12.6. The minimum atomic E-state index is -0.419. The molecule has 0 saturated carbocycles. The highest BCUT2D eigenvalue weighted by Crippen LogP contribution is 2.27. The van der Waals surface area contributed by atoms with E-state index in [0.29, 0.717) is 23.6 Å². The van der Waals surface area contributed by atoms with Gasteiger partial charge >= 0.3 is 5.97 Å². The molecule has 1 aliphatic heterocycles. The first-order valence-corrected chi connectivity index (χ1v) is 10.1. The lowest BCUT2D eigenvalue weighted by atomic mass is 10.1. The third kappa shape index (κ3) is 3.75. The van der Waals surface area contributed by atoms with Gasteiger partial charge in [0.05, 0.1) is 17.6 Å². The lowest BCUT2D eigenvalue weighted by molar-refractivity contribution is 0.0520. The van der Waals surface area contributed by atoms with Crippen molar-refractivity contribution in [3.05, 3.63) is 59.3 Å². The van der Waals surface area contributed by atoms with Crippen LogP contribution in [0.2, 0.25) is 0 Å². The van der Waals surface area contributed by atoms with Crippen molar-refractivity contribution in [1.29, 1.82) is 0 Å². The van der Waals surface area contributed by atoms with Gasteiger partial charge < -0.3 is 14.5 Å². The van der Waals surface area contributed by atoms with E-state index < -0.39 is 5.97 Å². The third-order valence-corrected chi connectivity index (χ3v) is 5.52. The number of nitrogens with zero attached hydrogens (tertiary/aromatic N) is 4. The number of esters is 1. The van der Waals surface area contributed by atoms with E-state index >= 15 is 0 Å². The lowest BCUT2D eigenvalue weighted by Crippen LogP contribution is -2.47. The molecule has 0 unspecified atom stereocenters. The molecule has 1 aromatic heterocycles. The Balaban J connectivity index is 1.62. The molecule has 1 fully saturated rings. The molecule has 0 radical (unpaired) electrons. The first kappa shape index (κ1) is 19.2. The smallest absolute Gasteiger partial charge is 0.360 e. The molecule has 6 nitrogen and oxygen atoms in total. The number of aryl methyl sites for hydroxylation is 1. The largest absolute Gasteiger partial charge is 0.461 e. The molecule has 0 amide bonds. The van der Waals surface area contributed by atoms with Crippen molar-refractivity contribution in [1.82, 2.24) is 9.97 Å². The van der Waals surface area contributed by atoms with Gasteiger partial charge in [0.1, 0.15) is 0 Å². The summed E-state index contributed by atoms with van der Waals surface area (Å²) in [4.78, 5) is 26.5. The second-order valence-corrected chi connectivity index (χ2v) is 7.30. The molecule has 3 aromatic rings. The molecule has 0 spiro atoms. The van der Waals surface area contributed by atoms with Crippen LogP contribution in [0.1, 0.15) is 28.5 Å². The SMILES string of the molecule is CCOC(=O)c1nc2ccccc2nc1N1CCN(c2cccc(C)c2C)CC1. The van der Waals surface area contributed by atoms with Gasteiger partial charge in [-0.2, -0.15) is 0 Å². The number of hydrogen-bond donors (Lipinski definition) is 0. The highest BCUT2D eigenvalue weighted by molar-refractivity contribution is 5.95. The predicted octanol–water partition coefficient (Wildman–Crippen LogP) is 3.75. The van der Waals surface area contributed by atoms with Gasteiger partial charge in [0.2, 0.25) is 0 Å². The van der Waals surface area contributed by atoms with Crippen LogP contribution in [0, 0.1) is 13.8 Å². The van der Waals surface area contributed by atoms with Crippen LogP contribution in [0.15, 0.2) is 42.5 Å². The van der Waals surface area contributed by atoms with Crippen LogP contribution in [0.5, 0.6) is 0 Å². The monoisotopic (exact) mass is 390 g/mol. The molecule has 6 heteroatoms. The molecule has 150 valence electrons. The van der Waals surface area contributed by atoms with Gasteiger partial charge in [-0.1, -0.05) is 24.3 Å². The van der Waals surface area contributed by atoms with E-state index in [1.165, 1.54) is 16.8 Å². The Morgan fingerprint density at radius 3 is 2.28 bits per heavy atom. The van der Waals surface area contributed by atoms with Crippen LogP contribution in [0.3, 0.4) is 0 Å². The van der Waals surface area contributed by atoms with Crippen molar-refractivity contribution in [3.8, 4) is 0 Å². The molecule has 1 aliphatic rings. The van der Waals surface area contributed by atoms with E-state index in [2.05, 4.69) is 46.8 Å². The second kappa shape index (κ2) is 8.07. The fraction of sp³-hybridized carbons (Fsp3) is 0.348. The van der Waals surface area contributed by atoms with Crippen LogP contribution in [0.4, 0.5) is 11.5 Å². The molecular formula is C23H26N4O2. The number of piperazine rings is 1. The van der Waals surface area contributed by atoms with Crippen molar-refractivity contribution < 1.29 is 9.53 Å². The zero-order valence-corrected chi connectivity index (χ0v) is 17.2. The van der Waals surface area contributed by atoms with Gasteiger partial charge in [0, 0.05) is 31.9 Å². The molecule has 0 bridgehead atoms. The van der Waals surface area contributed by atoms with Crippen molar-refractivity contribution in [2.45, 2.75) is 20.8 Å². The van der Waals surface area contributed by atoms with E-state index in [-0.39, 0.29) is 0 Å². The lowest BCUT2D eigenvalue weighted by Gasteiger charge is -2.38. The Labute approximate surface area is 171 Å². The van der Waals surface area contributed by atoms with Crippen molar-refractivity contribution >= 4 is 28.5 Å². The summed E-state index contributed by atoms with van der Waals surface area (Å²) in [6, 6.07) is 14.1. The minimum absolute atomic E-state index is 0.297. The quantitative estimate of drug-likeness (QED) is 0.633. The van der Waals surface area contributed by atoms with Crippen molar-refractivity contribution in [2.75, 3.05) is 42.6 Å². The summed E-state index contributed by atoms with van der Waals surface area (Å²) in [5, 5.41) is 0. The average molecular weight is 390 g/mol. The fourth-order valence-corrected chi connectivity index (χ4v) is 3.78. The standard InChI is InChI=1S/C23H26N4O2/c1-4-29-23(28)21-22(25-19-10-6-5-9-18(19)24-21)27-14-12-26(13-15-27)20-11-7-8-16(2)17(20)3/h5-11H,4,12-15H2,1-3H3. The van der Waals surface area contributed by atoms with Gasteiger partial charge in [-0.25, -0.2) is 14.8 Å². The molecular weight excluding hydrogens is 364 g/mol. The molecule has 2 heterocycles. The molecule has 0 N–H and O–H groups in total. The maximum absolute atomic E-state index is 12.6. The van der Waals surface area contributed by atoms with Gasteiger partial charge in [0.25, 0.3) is 0 Å². The van der Waals surface area contributed by atoms with E-state index in [1.807, 2.05) is 24.3 Å². The van der Waals surface area contributed by atoms with Gasteiger partial charge in [-0.15, -0.1) is 0 Å². The van der Waals surface area contributed by atoms with E-state index in [4.69, 9.17) is 9.72 Å². The van der Waals surface area contributed by atoms with Crippen molar-refractivity contribution in [3.63, 3.8) is 0 Å². The first-order chi connectivity index (χ1) is 14.1. The Hall–Kier alpha value is -3.15. The number of carbonyl (C=O) groups is 1. The zero-order valence-electron chi connectivity index (χ0n) is 17.2. The molecule has 1 saturated heterocycles. The molecule has 0 atom stereocenters. The Morgan fingerprint density at radius 1 is 0.931 bits per heavy atom. The van der Waals surface area contributed by atoms with Crippen LogP contribution >= 0.6 is 0 Å². The van der Waals surface area contributed by atoms with E-state index in [1.54, 1.807) is 6.92 Å². The summed E-state index contributed by atoms with van der Waals surface area (Å²) < 4.78 is 5.25. The van der Waals surface area contributed by atoms with Gasteiger partial charge in [0.15, 0.2) is 11.5 Å². The van der Waals surface area contributed by atoms with Crippen LogP contribution < -0.4 is 9.80 Å². The average Bonchev–Trinajstić information content (AvgIpc) is 2.75. The number of benzene rings is 2. The highest BCUT2D eigenvalue weighted by Gasteiger charge is 2.26. The van der Waals surface area contributed by atoms with Crippen LogP contribution in [-0.2, 0) is 4.74 Å². The van der Waals surface area contributed by atoms with E-state index in [0.717, 1.165) is 31.7 Å². The summed E-state index contributed by atoms with van der Waals surface area (Å²) in [5.74, 6) is 0.195. The number of anilines is 2. The normalized spacial score (nSPS) is 14.3. The van der Waals surface area contributed by atoms with Gasteiger partial charge in [-0.05, 0) is 50.1 Å². The number of hydrogen-bond acceptors (Lipinski definition) is 6. The zero-order chi connectivity index (χ0) is 20.4. The number of para-hydroxylation sites is 2. The van der Waals surface area contributed by atoms with E-state index in [9.17, 15) is 4.79 Å². The summed E-state index contributed by atoms with van der Waals surface area (Å²) in [6.45, 7) is 9.69. The Morgan fingerprint density at radius 2 is 1.59 bits per heavy atom. The summed E-state index contributed by atoms with van der Waals surface area (Å²) in [6.07, 6.45) is 0. The molecule has 29 heavy (non-hydrogen) atoms. The number of fused-ring (bicyclic) bond motifs is 1.